The summed E-state index contributed by atoms with van der Waals surface area (Å²) in [5.41, 5.74) is 1.73. The minimum atomic E-state index is -3.83. The molecular weight excluding hydrogens is 400 g/mol. The highest BCUT2D eigenvalue weighted by molar-refractivity contribution is 7.92. The first-order chi connectivity index (χ1) is 13.4. The van der Waals surface area contributed by atoms with Crippen LogP contribution in [0.3, 0.4) is 0 Å². The zero-order valence-electron chi connectivity index (χ0n) is 14.5. The van der Waals surface area contributed by atoms with Gasteiger partial charge in [0.2, 0.25) is 5.95 Å². The Labute approximate surface area is 164 Å². The first kappa shape index (κ1) is 18.1. The number of nitrogens with one attached hydrogen (secondary N) is 2. The number of carbonyl (C=O) groups excluding carboxylic acids is 1. The number of aromatic nitrogens is 4. The third-order valence-electron chi connectivity index (χ3n) is 3.83. The number of hydrogen-bond donors (Lipinski definition) is 2. The van der Waals surface area contributed by atoms with Crippen LogP contribution in [0.25, 0.3) is 4.96 Å². The maximum absolute atomic E-state index is 12.4. The van der Waals surface area contributed by atoms with Gasteiger partial charge >= 0.3 is 0 Å². The molecule has 4 aromatic rings. The van der Waals surface area contributed by atoms with E-state index >= 15 is 0 Å². The molecule has 3 heterocycles. The quantitative estimate of drug-likeness (QED) is 0.518. The fourth-order valence-electron chi connectivity index (χ4n) is 2.45. The van der Waals surface area contributed by atoms with Gasteiger partial charge in [0.15, 0.2) is 4.96 Å². The second-order valence-electron chi connectivity index (χ2n) is 5.81. The highest BCUT2D eigenvalue weighted by atomic mass is 32.2. The van der Waals surface area contributed by atoms with Gasteiger partial charge in [0.05, 0.1) is 4.90 Å². The van der Waals surface area contributed by atoms with Crippen molar-refractivity contribution in [3.05, 3.63) is 65.7 Å². The molecule has 9 nitrogen and oxygen atoms in total. The summed E-state index contributed by atoms with van der Waals surface area (Å²) in [7, 11) is -3.83. The minimum absolute atomic E-state index is 0.0186. The summed E-state index contributed by atoms with van der Waals surface area (Å²) in [6.45, 7) is 1.93. The molecule has 1 amide bonds. The number of sulfonamides is 1. The lowest BCUT2D eigenvalue weighted by atomic mass is 10.3. The monoisotopic (exact) mass is 414 g/mol. The Bertz CT molecular complexity index is 1250. The molecular formula is C17H14N6O3S2. The summed E-state index contributed by atoms with van der Waals surface area (Å²) in [5.74, 6) is -0.392. The highest BCUT2D eigenvalue weighted by Gasteiger charge is 2.17. The van der Waals surface area contributed by atoms with Crippen LogP contribution < -0.4 is 10.0 Å². The fourth-order valence-corrected chi connectivity index (χ4v) is 4.26. The van der Waals surface area contributed by atoms with E-state index in [9.17, 15) is 13.2 Å². The van der Waals surface area contributed by atoms with Crippen LogP contribution in [-0.4, -0.2) is 33.7 Å². The van der Waals surface area contributed by atoms with Gasteiger partial charge in [-0.1, -0.05) is 0 Å². The van der Waals surface area contributed by atoms with Crippen molar-refractivity contribution in [3.8, 4) is 0 Å². The van der Waals surface area contributed by atoms with Crippen LogP contribution in [-0.2, 0) is 10.0 Å². The summed E-state index contributed by atoms with van der Waals surface area (Å²) in [4.78, 5) is 25.1. The molecule has 28 heavy (non-hydrogen) atoms. The number of imidazole rings is 1. The zero-order valence-corrected chi connectivity index (χ0v) is 16.2. The van der Waals surface area contributed by atoms with E-state index in [0.29, 0.717) is 5.69 Å². The molecule has 0 unspecified atom stereocenters. The molecule has 0 atom stereocenters. The van der Waals surface area contributed by atoms with E-state index in [1.807, 2.05) is 16.7 Å². The number of amides is 1. The van der Waals surface area contributed by atoms with E-state index in [2.05, 4.69) is 25.0 Å². The average molecular weight is 414 g/mol. The number of anilines is 2. The molecule has 142 valence electrons. The van der Waals surface area contributed by atoms with Crippen LogP contribution in [0.4, 0.5) is 11.6 Å². The van der Waals surface area contributed by atoms with Crippen molar-refractivity contribution in [2.45, 2.75) is 11.8 Å². The largest absolute Gasteiger partial charge is 0.321 e. The molecule has 4 rings (SSSR count). The number of carbonyl (C=O) groups is 1. The average Bonchev–Trinajstić information content (AvgIpc) is 3.25. The molecule has 11 heteroatoms. The normalized spacial score (nSPS) is 11.5. The zero-order chi connectivity index (χ0) is 19.7. The number of fused-ring (bicyclic) bond motifs is 1. The Morgan fingerprint density at radius 3 is 2.54 bits per heavy atom. The predicted octanol–water partition coefficient (Wildman–Crippen LogP) is 2.55. The Kier molecular flexibility index (Phi) is 4.53. The number of nitrogens with zero attached hydrogens (tertiary/aromatic N) is 4. The molecule has 0 spiro atoms. The van der Waals surface area contributed by atoms with Crippen molar-refractivity contribution in [2.24, 2.45) is 0 Å². The number of thiazole rings is 1. The topological polar surface area (TPSA) is 118 Å². The Balaban J connectivity index is 1.49. The second-order valence-corrected chi connectivity index (χ2v) is 8.33. The van der Waals surface area contributed by atoms with Gasteiger partial charge in [0.1, 0.15) is 5.69 Å². The number of benzene rings is 1. The van der Waals surface area contributed by atoms with Crippen molar-refractivity contribution >= 4 is 43.9 Å². The Morgan fingerprint density at radius 1 is 1.14 bits per heavy atom. The van der Waals surface area contributed by atoms with Gasteiger partial charge in [-0.25, -0.2) is 28.1 Å². The van der Waals surface area contributed by atoms with Gasteiger partial charge in [-0.2, -0.15) is 0 Å². The number of hydrogen-bond acceptors (Lipinski definition) is 7. The molecule has 0 bridgehead atoms. The molecule has 0 aliphatic rings. The maximum atomic E-state index is 12.4. The molecule has 1 aromatic carbocycles. The molecule has 0 fully saturated rings. The van der Waals surface area contributed by atoms with Crippen molar-refractivity contribution in [1.29, 1.82) is 0 Å². The summed E-state index contributed by atoms with van der Waals surface area (Å²) >= 11 is 1.45. The molecule has 2 N–H and O–H groups in total. The van der Waals surface area contributed by atoms with E-state index in [4.69, 9.17) is 0 Å². The molecule has 0 aliphatic heterocycles. The lowest BCUT2D eigenvalue weighted by Crippen LogP contribution is -2.15. The summed E-state index contributed by atoms with van der Waals surface area (Å²) in [6, 6.07) is 7.36. The molecule has 0 aliphatic carbocycles. The lowest BCUT2D eigenvalue weighted by Gasteiger charge is -2.08. The summed E-state index contributed by atoms with van der Waals surface area (Å²) in [6.07, 6.45) is 4.54. The summed E-state index contributed by atoms with van der Waals surface area (Å²) in [5, 5.41) is 4.66. The predicted molar refractivity (Wildman–Crippen MR) is 105 cm³/mol. The SMILES string of the molecule is Cc1csc2nc(C(=O)Nc3ccc(S(=O)(=O)Nc4ncccn4)cc3)cn12. The van der Waals surface area contributed by atoms with Crippen molar-refractivity contribution in [3.63, 3.8) is 0 Å². The second kappa shape index (κ2) is 7.02. The number of rotatable bonds is 5. The van der Waals surface area contributed by atoms with Crippen molar-refractivity contribution < 1.29 is 13.2 Å². The van der Waals surface area contributed by atoms with Crippen LogP contribution in [0.15, 0.2) is 59.2 Å². The third kappa shape index (κ3) is 3.57. The minimum Gasteiger partial charge on any atom is -0.321 e. The van der Waals surface area contributed by atoms with E-state index in [1.54, 1.807) is 12.3 Å². The Morgan fingerprint density at radius 2 is 1.86 bits per heavy atom. The maximum Gasteiger partial charge on any atom is 0.275 e. The van der Waals surface area contributed by atoms with E-state index in [1.165, 1.54) is 48.0 Å². The van der Waals surface area contributed by atoms with E-state index in [0.717, 1.165) is 10.7 Å². The van der Waals surface area contributed by atoms with Gasteiger partial charge in [-0.05, 0) is 37.3 Å². The van der Waals surface area contributed by atoms with Crippen LogP contribution in [0.2, 0.25) is 0 Å². The first-order valence-corrected chi connectivity index (χ1v) is 10.4. The number of aryl methyl sites for hydroxylation is 1. The van der Waals surface area contributed by atoms with Gasteiger partial charge in [0.25, 0.3) is 15.9 Å². The smallest absolute Gasteiger partial charge is 0.275 e. The fraction of sp³-hybridized carbons (Fsp3) is 0.0588. The van der Waals surface area contributed by atoms with E-state index in [-0.39, 0.29) is 22.4 Å². The van der Waals surface area contributed by atoms with Gasteiger partial charge < -0.3 is 5.32 Å². The van der Waals surface area contributed by atoms with Crippen LogP contribution in [0.5, 0.6) is 0 Å². The molecule has 0 saturated carbocycles. The molecule has 3 aromatic heterocycles. The van der Waals surface area contributed by atoms with Crippen LogP contribution in [0, 0.1) is 6.92 Å². The Hall–Kier alpha value is -3.31. The van der Waals surface area contributed by atoms with Crippen molar-refractivity contribution in [1.82, 2.24) is 19.4 Å². The molecule has 0 radical (unpaired) electrons. The summed E-state index contributed by atoms with van der Waals surface area (Å²) < 4.78 is 28.9. The first-order valence-electron chi connectivity index (χ1n) is 8.07. The van der Waals surface area contributed by atoms with Crippen molar-refractivity contribution in [2.75, 3.05) is 10.0 Å². The van der Waals surface area contributed by atoms with Crippen LogP contribution in [0.1, 0.15) is 16.2 Å². The third-order valence-corrected chi connectivity index (χ3v) is 6.14. The van der Waals surface area contributed by atoms with Crippen LogP contribution >= 0.6 is 11.3 Å². The van der Waals surface area contributed by atoms with Gasteiger partial charge in [0, 0.05) is 35.4 Å². The standard InChI is InChI=1S/C17H14N6O3S2/c1-11-10-27-17-21-14(9-23(11)17)15(24)20-12-3-5-13(6-4-12)28(25,26)22-16-18-7-2-8-19-16/h2-10H,1H3,(H,20,24)(H,18,19,22). The highest BCUT2D eigenvalue weighted by Crippen LogP contribution is 2.19. The lowest BCUT2D eigenvalue weighted by molar-refractivity contribution is 0.102. The van der Waals surface area contributed by atoms with Gasteiger partial charge in [-0.3, -0.25) is 9.20 Å². The van der Waals surface area contributed by atoms with E-state index < -0.39 is 10.0 Å². The molecule has 0 saturated heterocycles. The van der Waals surface area contributed by atoms with Gasteiger partial charge in [-0.15, -0.1) is 11.3 Å².